The largest absolute Gasteiger partial charge is 0.370 e. The quantitative estimate of drug-likeness (QED) is 0.379. The smallest absolute Gasteiger partial charge is 0.294 e. The first-order valence-electron chi connectivity index (χ1n) is 10.5. The Morgan fingerprint density at radius 3 is 2.57 bits per heavy atom. The van der Waals surface area contributed by atoms with Gasteiger partial charge in [0.15, 0.2) is 5.65 Å². The molecule has 3 N–H and O–H groups in total. The maximum atomic E-state index is 15.4. The van der Waals surface area contributed by atoms with E-state index in [-0.39, 0.29) is 28.2 Å². The molecule has 35 heavy (non-hydrogen) atoms. The number of halogens is 4. The van der Waals surface area contributed by atoms with Gasteiger partial charge in [0.1, 0.15) is 17.7 Å². The number of pyridine rings is 1. The number of nitrogen functional groups attached to an aromatic ring is 1. The lowest BCUT2D eigenvalue weighted by Gasteiger charge is -2.26. The minimum Gasteiger partial charge on any atom is -0.370 e. The zero-order valence-electron chi connectivity index (χ0n) is 18.7. The zero-order valence-corrected chi connectivity index (χ0v) is 18.7. The van der Waals surface area contributed by atoms with Crippen molar-refractivity contribution >= 4 is 17.5 Å². The van der Waals surface area contributed by atoms with Gasteiger partial charge in [-0.05, 0) is 47.9 Å². The molecular formula is C24H21F4N5O2. The Morgan fingerprint density at radius 2 is 1.89 bits per heavy atom. The number of fused-ring (bicyclic) bond motifs is 1. The van der Waals surface area contributed by atoms with Gasteiger partial charge in [-0.3, -0.25) is 4.79 Å². The summed E-state index contributed by atoms with van der Waals surface area (Å²) in [4.78, 5) is 16.8. The summed E-state index contributed by atoms with van der Waals surface area (Å²) >= 11 is 0. The third-order valence-corrected chi connectivity index (χ3v) is 5.52. The van der Waals surface area contributed by atoms with Crippen molar-refractivity contribution in [1.29, 1.82) is 0 Å². The SMILES string of the molecule is CO[C@@H](c1ccc(F)cc1)C(F)(F)CNC(=O)c1c(C)ccc(-c2ccn3nc(N)nc3c2)c1F. The summed E-state index contributed by atoms with van der Waals surface area (Å²) in [7, 11) is 1.08. The first-order chi connectivity index (χ1) is 16.6. The number of hydrogen-bond donors (Lipinski definition) is 2. The molecule has 0 saturated carbocycles. The topological polar surface area (TPSA) is 94.5 Å². The molecule has 0 bridgehead atoms. The van der Waals surface area contributed by atoms with Crippen LogP contribution in [0, 0.1) is 18.6 Å². The Kier molecular flexibility index (Phi) is 6.44. The van der Waals surface area contributed by atoms with E-state index in [9.17, 15) is 18.0 Å². The normalized spacial score (nSPS) is 12.6. The summed E-state index contributed by atoms with van der Waals surface area (Å²) in [6, 6.07) is 10.5. The molecule has 0 aliphatic heterocycles. The number of carbonyl (C=O) groups excluding carboxylic acids is 1. The van der Waals surface area contributed by atoms with E-state index in [0.717, 1.165) is 19.2 Å². The summed E-state index contributed by atoms with van der Waals surface area (Å²) < 4.78 is 64.7. The van der Waals surface area contributed by atoms with Crippen LogP contribution in [-0.2, 0) is 4.74 Å². The van der Waals surface area contributed by atoms with Gasteiger partial charge in [-0.15, -0.1) is 5.10 Å². The maximum absolute atomic E-state index is 15.4. The number of aryl methyl sites for hydroxylation is 1. The number of carbonyl (C=O) groups is 1. The summed E-state index contributed by atoms with van der Waals surface area (Å²) in [6.45, 7) is 0.370. The van der Waals surface area contributed by atoms with E-state index >= 15 is 4.39 Å². The highest BCUT2D eigenvalue weighted by Crippen LogP contribution is 2.34. The zero-order chi connectivity index (χ0) is 25.3. The van der Waals surface area contributed by atoms with Crippen LogP contribution >= 0.6 is 0 Å². The summed E-state index contributed by atoms with van der Waals surface area (Å²) in [5.41, 5.74) is 6.36. The Labute approximate surface area is 197 Å². The molecule has 0 unspecified atom stereocenters. The van der Waals surface area contributed by atoms with E-state index in [4.69, 9.17) is 10.5 Å². The van der Waals surface area contributed by atoms with Crippen molar-refractivity contribution in [3.8, 4) is 11.1 Å². The predicted octanol–water partition coefficient (Wildman–Crippen LogP) is 4.32. The van der Waals surface area contributed by atoms with Crippen LogP contribution in [0.3, 0.4) is 0 Å². The molecule has 0 saturated heterocycles. The van der Waals surface area contributed by atoms with Crippen molar-refractivity contribution in [2.45, 2.75) is 19.0 Å². The number of nitrogens with zero attached hydrogens (tertiary/aromatic N) is 3. The van der Waals surface area contributed by atoms with Gasteiger partial charge in [-0.2, -0.15) is 4.98 Å². The summed E-state index contributed by atoms with van der Waals surface area (Å²) in [5.74, 6) is -5.99. The Bertz CT molecular complexity index is 1390. The lowest BCUT2D eigenvalue weighted by Crippen LogP contribution is -2.41. The fourth-order valence-electron chi connectivity index (χ4n) is 3.81. The molecule has 7 nitrogen and oxygen atoms in total. The number of benzene rings is 2. The van der Waals surface area contributed by atoms with E-state index in [1.165, 1.54) is 41.9 Å². The average Bonchev–Trinajstić information content (AvgIpc) is 3.18. The van der Waals surface area contributed by atoms with Crippen molar-refractivity contribution in [1.82, 2.24) is 19.9 Å². The lowest BCUT2D eigenvalue weighted by atomic mass is 9.98. The number of alkyl halides is 2. The van der Waals surface area contributed by atoms with Crippen LogP contribution in [0.4, 0.5) is 23.5 Å². The number of nitrogens with two attached hydrogens (primary N) is 1. The van der Waals surface area contributed by atoms with Gasteiger partial charge in [0.25, 0.3) is 11.8 Å². The monoisotopic (exact) mass is 487 g/mol. The van der Waals surface area contributed by atoms with E-state index in [0.29, 0.717) is 11.2 Å². The number of hydrogen-bond acceptors (Lipinski definition) is 5. The minimum absolute atomic E-state index is 0.0296. The van der Waals surface area contributed by atoms with Gasteiger partial charge in [-0.1, -0.05) is 24.3 Å². The lowest BCUT2D eigenvalue weighted by molar-refractivity contribution is -0.123. The predicted molar refractivity (Wildman–Crippen MR) is 121 cm³/mol. The highest BCUT2D eigenvalue weighted by atomic mass is 19.3. The number of ether oxygens (including phenoxy) is 1. The van der Waals surface area contributed by atoms with Crippen LogP contribution in [0.5, 0.6) is 0 Å². The van der Waals surface area contributed by atoms with Crippen molar-refractivity contribution in [2.75, 3.05) is 19.4 Å². The molecule has 1 atom stereocenters. The fraction of sp³-hybridized carbons (Fsp3) is 0.208. The third-order valence-electron chi connectivity index (χ3n) is 5.52. The number of aromatic nitrogens is 3. The average molecular weight is 487 g/mol. The van der Waals surface area contributed by atoms with E-state index in [1.54, 1.807) is 12.1 Å². The van der Waals surface area contributed by atoms with Gasteiger partial charge in [-0.25, -0.2) is 22.1 Å². The second-order valence-corrected chi connectivity index (χ2v) is 7.92. The summed E-state index contributed by atoms with van der Waals surface area (Å²) in [5, 5.41) is 6.05. The summed E-state index contributed by atoms with van der Waals surface area (Å²) in [6.07, 6.45) is -0.212. The third kappa shape index (κ3) is 4.80. The van der Waals surface area contributed by atoms with Crippen molar-refractivity contribution in [3.63, 3.8) is 0 Å². The first-order valence-corrected chi connectivity index (χ1v) is 10.5. The van der Waals surface area contributed by atoms with Crippen molar-refractivity contribution in [2.24, 2.45) is 0 Å². The molecule has 2 aromatic carbocycles. The minimum atomic E-state index is -3.57. The van der Waals surface area contributed by atoms with Gasteiger partial charge in [0.05, 0.1) is 12.1 Å². The molecule has 1 amide bonds. The van der Waals surface area contributed by atoms with Gasteiger partial charge >= 0.3 is 0 Å². The molecule has 182 valence electrons. The first kappa shape index (κ1) is 24.1. The Hall–Kier alpha value is -3.99. The van der Waals surface area contributed by atoms with E-state index in [2.05, 4.69) is 15.4 Å². The molecule has 0 fully saturated rings. The molecule has 0 radical (unpaired) electrons. The number of amides is 1. The molecule has 0 aliphatic rings. The highest BCUT2D eigenvalue weighted by Gasteiger charge is 2.41. The molecule has 2 heterocycles. The Balaban J connectivity index is 1.58. The second-order valence-electron chi connectivity index (χ2n) is 7.92. The molecule has 2 aromatic heterocycles. The fourth-order valence-corrected chi connectivity index (χ4v) is 3.81. The standard InChI is InChI=1S/C24H21F4N5O2/c1-13-3-8-17(15-9-10-33-18(11-15)31-23(29)32-33)20(26)19(13)22(34)30-12-24(27,28)21(35-2)14-4-6-16(25)7-5-14/h3-11,21H,12H2,1-2H3,(H2,29,32)(H,30,34)/t21-/m0/s1. The van der Waals surface area contributed by atoms with Crippen LogP contribution in [0.15, 0.2) is 54.7 Å². The van der Waals surface area contributed by atoms with Gasteiger partial charge in [0.2, 0.25) is 5.95 Å². The highest BCUT2D eigenvalue weighted by molar-refractivity contribution is 5.97. The van der Waals surface area contributed by atoms with Crippen LogP contribution in [0.25, 0.3) is 16.8 Å². The molecule has 4 rings (SSSR count). The van der Waals surface area contributed by atoms with E-state index in [1.807, 2.05) is 0 Å². The molecule has 0 aliphatic carbocycles. The van der Waals surface area contributed by atoms with E-state index < -0.39 is 36.1 Å². The Morgan fingerprint density at radius 1 is 1.17 bits per heavy atom. The number of nitrogens with one attached hydrogen (secondary N) is 1. The van der Waals surface area contributed by atoms with Crippen molar-refractivity contribution in [3.05, 3.63) is 83.1 Å². The molecule has 0 spiro atoms. The van der Waals surface area contributed by atoms with Crippen molar-refractivity contribution < 1.29 is 27.1 Å². The molecule has 4 aromatic rings. The van der Waals surface area contributed by atoms with Crippen LogP contribution < -0.4 is 11.1 Å². The number of methoxy groups -OCH3 is 1. The van der Waals surface area contributed by atoms with Gasteiger partial charge < -0.3 is 15.8 Å². The number of anilines is 1. The van der Waals surface area contributed by atoms with Crippen LogP contribution in [0.1, 0.15) is 27.6 Å². The molecular weight excluding hydrogens is 466 g/mol. The van der Waals surface area contributed by atoms with Crippen LogP contribution in [0.2, 0.25) is 0 Å². The van der Waals surface area contributed by atoms with Gasteiger partial charge in [0, 0.05) is 18.9 Å². The second kappa shape index (κ2) is 9.34. The molecule has 11 heteroatoms. The van der Waals surface area contributed by atoms with Crippen LogP contribution in [-0.4, -0.2) is 40.1 Å². The maximum Gasteiger partial charge on any atom is 0.294 e. The number of rotatable bonds is 7.